The number of carboxylic acid groups (broad SMARTS) is 1. The molecule has 6 nitrogen and oxygen atoms in total. The lowest BCUT2D eigenvalue weighted by molar-refractivity contribution is -0.163. The molecule has 0 aromatic heterocycles. The summed E-state index contributed by atoms with van der Waals surface area (Å²) in [6, 6.07) is -0.490. The van der Waals surface area contributed by atoms with Crippen LogP contribution in [0.1, 0.15) is 59.3 Å². The van der Waals surface area contributed by atoms with Crippen molar-refractivity contribution in [2.24, 2.45) is 0 Å². The van der Waals surface area contributed by atoms with Gasteiger partial charge in [-0.2, -0.15) is 0 Å². The van der Waals surface area contributed by atoms with E-state index in [0.717, 1.165) is 6.42 Å². The Kier molecular flexibility index (Phi) is 6.18. The number of hydrogen-bond acceptors (Lipinski definition) is 4. The molecule has 0 aromatic rings. The minimum Gasteiger partial charge on any atom is -0.481 e. The van der Waals surface area contributed by atoms with Crippen molar-refractivity contribution >= 4 is 17.8 Å². The first kappa shape index (κ1) is 17.5. The number of rotatable bonds is 6. The van der Waals surface area contributed by atoms with E-state index in [2.05, 4.69) is 0 Å². The third-order valence-corrected chi connectivity index (χ3v) is 3.28. The van der Waals surface area contributed by atoms with Crippen molar-refractivity contribution in [3.05, 3.63) is 0 Å². The number of aliphatic carboxylic acids is 1. The van der Waals surface area contributed by atoms with Gasteiger partial charge in [0.2, 0.25) is 5.91 Å². The molecule has 1 aliphatic heterocycles. The molecule has 1 rings (SSSR count). The van der Waals surface area contributed by atoms with E-state index in [1.165, 1.54) is 0 Å². The summed E-state index contributed by atoms with van der Waals surface area (Å²) in [5.74, 6) is -1.29. The number of carboxylic acids is 1. The fourth-order valence-electron chi connectivity index (χ4n) is 2.38. The second-order valence-electron chi connectivity index (χ2n) is 6.38. The molecular formula is C15H25NO5. The van der Waals surface area contributed by atoms with E-state index in [1.807, 2.05) is 0 Å². The highest BCUT2D eigenvalue weighted by Gasteiger charge is 2.36. The molecule has 0 saturated carbocycles. The highest BCUT2D eigenvalue weighted by molar-refractivity contribution is 5.85. The predicted molar refractivity (Wildman–Crippen MR) is 76.7 cm³/mol. The van der Waals surface area contributed by atoms with E-state index in [-0.39, 0.29) is 24.7 Å². The number of hydrogen-bond donors (Lipinski definition) is 1. The number of unbranched alkanes of at least 4 members (excludes halogenated alkanes) is 1. The normalized spacial score (nSPS) is 18.6. The molecule has 21 heavy (non-hydrogen) atoms. The zero-order chi connectivity index (χ0) is 16.0. The van der Waals surface area contributed by atoms with Crippen molar-refractivity contribution in [2.45, 2.75) is 70.9 Å². The van der Waals surface area contributed by atoms with Crippen molar-refractivity contribution in [2.75, 3.05) is 6.54 Å². The van der Waals surface area contributed by atoms with Crippen LogP contribution < -0.4 is 0 Å². The van der Waals surface area contributed by atoms with Crippen LogP contribution in [0.25, 0.3) is 0 Å². The van der Waals surface area contributed by atoms with Gasteiger partial charge >= 0.3 is 11.9 Å². The minimum atomic E-state index is -0.852. The second-order valence-corrected chi connectivity index (χ2v) is 6.38. The lowest BCUT2D eigenvalue weighted by Crippen LogP contribution is -2.43. The number of amides is 1. The van der Waals surface area contributed by atoms with Crippen LogP contribution >= 0.6 is 0 Å². The Labute approximate surface area is 125 Å². The SMILES string of the molecule is CC(C)(C)OC(=O)[C@@H]1CCCN1C(=O)CCCCC(=O)O. The molecule has 0 radical (unpaired) electrons. The van der Waals surface area contributed by atoms with Crippen LogP contribution in [0.5, 0.6) is 0 Å². The fourth-order valence-corrected chi connectivity index (χ4v) is 2.38. The van der Waals surface area contributed by atoms with E-state index in [1.54, 1.807) is 25.7 Å². The number of likely N-dealkylation sites (tertiary alicyclic amines) is 1. The van der Waals surface area contributed by atoms with Gasteiger partial charge in [-0.3, -0.25) is 9.59 Å². The molecule has 1 saturated heterocycles. The van der Waals surface area contributed by atoms with Crippen molar-refractivity contribution in [3.8, 4) is 0 Å². The molecule has 1 heterocycles. The van der Waals surface area contributed by atoms with Crippen LogP contribution in [0.15, 0.2) is 0 Å². The second kappa shape index (κ2) is 7.43. The molecule has 1 fully saturated rings. The van der Waals surface area contributed by atoms with Gasteiger partial charge in [0, 0.05) is 19.4 Å². The first-order chi connectivity index (χ1) is 9.70. The Hall–Kier alpha value is -1.59. The largest absolute Gasteiger partial charge is 0.481 e. The molecule has 0 unspecified atom stereocenters. The smallest absolute Gasteiger partial charge is 0.329 e. The van der Waals surface area contributed by atoms with Crippen LogP contribution in [-0.4, -0.2) is 46.0 Å². The summed E-state index contributed by atoms with van der Waals surface area (Å²) in [7, 11) is 0. The fraction of sp³-hybridized carbons (Fsp3) is 0.800. The van der Waals surface area contributed by atoms with Crippen molar-refractivity contribution in [3.63, 3.8) is 0 Å². The topological polar surface area (TPSA) is 83.9 Å². The number of ether oxygens (including phenoxy) is 1. The van der Waals surface area contributed by atoms with Crippen LogP contribution in [-0.2, 0) is 19.1 Å². The molecular weight excluding hydrogens is 274 g/mol. The van der Waals surface area contributed by atoms with Gasteiger partial charge in [0.1, 0.15) is 11.6 Å². The molecule has 1 aliphatic rings. The monoisotopic (exact) mass is 299 g/mol. The van der Waals surface area contributed by atoms with Gasteiger partial charge in [0.25, 0.3) is 0 Å². The third-order valence-electron chi connectivity index (χ3n) is 3.28. The third kappa shape index (κ3) is 6.14. The molecule has 0 aromatic carbocycles. The first-order valence-electron chi connectivity index (χ1n) is 7.45. The molecule has 1 atom stereocenters. The van der Waals surface area contributed by atoms with E-state index in [9.17, 15) is 14.4 Å². The Morgan fingerprint density at radius 2 is 1.81 bits per heavy atom. The molecule has 1 N–H and O–H groups in total. The average molecular weight is 299 g/mol. The number of carbonyl (C=O) groups is 3. The highest BCUT2D eigenvalue weighted by atomic mass is 16.6. The van der Waals surface area contributed by atoms with Gasteiger partial charge in [0.15, 0.2) is 0 Å². The number of carbonyl (C=O) groups excluding carboxylic acids is 2. The van der Waals surface area contributed by atoms with Crippen molar-refractivity contribution in [1.82, 2.24) is 4.90 Å². The Morgan fingerprint density at radius 3 is 2.38 bits per heavy atom. The molecule has 0 bridgehead atoms. The number of esters is 1. The standard InChI is InChI=1S/C15H25NO5/c1-15(2,3)21-14(20)11-7-6-10-16(11)12(17)8-4-5-9-13(18)19/h11H,4-10H2,1-3H3,(H,18,19)/t11-/m0/s1. The molecule has 6 heteroatoms. The van der Waals surface area contributed by atoms with Crippen LogP contribution in [0.4, 0.5) is 0 Å². The van der Waals surface area contributed by atoms with E-state index < -0.39 is 17.6 Å². The first-order valence-corrected chi connectivity index (χ1v) is 7.45. The van der Waals surface area contributed by atoms with E-state index in [0.29, 0.717) is 25.8 Å². The Morgan fingerprint density at radius 1 is 1.19 bits per heavy atom. The summed E-state index contributed by atoms with van der Waals surface area (Å²) >= 11 is 0. The zero-order valence-corrected chi connectivity index (χ0v) is 13.1. The summed E-state index contributed by atoms with van der Waals surface area (Å²) in [6.45, 7) is 5.98. The maximum atomic E-state index is 12.1. The van der Waals surface area contributed by atoms with Crippen LogP contribution in [0.3, 0.4) is 0 Å². The Bertz CT molecular complexity index is 399. The number of nitrogens with zero attached hydrogens (tertiary/aromatic N) is 1. The van der Waals surface area contributed by atoms with Crippen LogP contribution in [0, 0.1) is 0 Å². The summed E-state index contributed by atoms with van der Waals surface area (Å²) in [4.78, 5) is 36.2. The highest BCUT2D eigenvalue weighted by Crippen LogP contribution is 2.22. The maximum Gasteiger partial charge on any atom is 0.329 e. The zero-order valence-electron chi connectivity index (χ0n) is 13.1. The summed E-state index contributed by atoms with van der Waals surface area (Å²) in [5, 5.41) is 8.56. The van der Waals surface area contributed by atoms with E-state index >= 15 is 0 Å². The molecule has 0 aliphatic carbocycles. The van der Waals surface area contributed by atoms with Gasteiger partial charge < -0.3 is 14.7 Å². The summed E-state index contributed by atoms with van der Waals surface area (Å²) < 4.78 is 5.35. The molecule has 0 spiro atoms. The van der Waals surface area contributed by atoms with Crippen molar-refractivity contribution in [1.29, 1.82) is 0 Å². The minimum absolute atomic E-state index is 0.0722. The molecule has 120 valence electrons. The maximum absolute atomic E-state index is 12.1. The van der Waals surface area contributed by atoms with Crippen molar-refractivity contribution < 1.29 is 24.2 Å². The quantitative estimate of drug-likeness (QED) is 0.598. The average Bonchev–Trinajstić information content (AvgIpc) is 2.81. The van der Waals surface area contributed by atoms with Gasteiger partial charge in [-0.1, -0.05) is 0 Å². The summed E-state index contributed by atoms with van der Waals surface area (Å²) in [5.41, 5.74) is -0.560. The van der Waals surface area contributed by atoms with E-state index in [4.69, 9.17) is 9.84 Å². The lowest BCUT2D eigenvalue weighted by Gasteiger charge is -2.27. The Balaban J connectivity index is 2.46. The van der Waals surface area contributed by atoms with Gasteiger partial charge in [-0.25, -0.2) is 4.79 Å². The van der Waals surface area contributed by atoms with Gasteiger partial charge in [-0.05, 0) is 46.5 Å². The van der Waals surface area contributed by atoms with Gasteiger partial charge in [-0.15, -0.1) is 0 Å². The summed E-state index contributed by atoms with van der Waals surface area (Å²) in [6.07, 6.45) is 2.80. The predicted octanol–water partition coefficient (Wildman–Crippen LogP) is 1.96. The lowest BCUT2D eigenvalue weighted by atomic mass is 10.1. The van der Waals surface area contributed by atoms with Gasteiger partial charge in [0.05, 0.1) is 0 Å². The van der Waals surface area contributed by atoms with Crippen LogP contribution in [0.2, 0.25) is 0 Å². The molecule has 1 amide bonds.